The summed E-state index contributed by atoms with van der Waals surface area (Å²) in [6.45, 7) is 3.79. The van der Waals surface area contributed by atoms with Crippen LogP contribution in [0.3, 0.4) is 0 Å². The fraction of sp³-hybridized carbons (Fsp3) is 0.714. The molecule has 0 atom stereocenters. The van der Waals surface area contributed by atoms with Gasteiger partial charge in [-0.15, -0.1) is 0 Å². The van der Waals surface area contributed by atoms with Crippen molar-refractivity contribution < 1.29 is 37.4 Å². The summed E-state index contributed by atoms with van der Waals surface area (Å²) < 4.78 is 42.0. The van der Waals surface area contributed by atoms with E-state index < -0.39 is 32.0 Å². The van der Waals surface area contributed by atoms with E-state index in [1.165, 1.54) is 19.6 Å². The fourth-order valence-corrected chi connectivity index (χ4v) is 2.15. The van der Waals surface area contributed by atoms with Gasteiger partial charge in [0.2, 0.25) is 0 Å². The van der Waals surface area contributed by atoms with Crippen LogP contribution in [0.5, 0.6) is 0 Å². The molecule has 0 aliphatic heterocycles. The molecule has 0 aliphatic rings. The van der Waals surface area contributed by atoms with Crippen LogP contribution in [-0.4, -0.2) is 42.2 Å². The van der Waals surface area contributed by atoms with Gasteiger partial charge in [0.15, 0.2) is 8.32 Å². The maximum absolute atomic E-state index is 12.5. The minimum Gasteiger partial charge on any atom is -0.478 e. The van der Waals surface area contributed by atoms with Crippen molar-refractivity contribution in [1.82, 2.24) is 0 Å². The summed E-state index contributed by atoms with van der Waals surface area (Å²) >= 11 is 0. The molecule has 0 unspecified atom stereocenters. The summed E-state index contributed by atoms with van der Waals surface area (Å²) in [6, 6.07) is 0. The second kappa shape index (κ2) is 4.05. The highest BCUT2D eigenvalue weighted by Gasteiger charge is 2.70. The van der Waals surface area contributed by atoms with Gasteiger partial charge in [-0.05, 0) is 19.6 Å². The molecule has 0 radical (unpaired) electrons. The van der Waals surface area contributed by atoms with Gasteiger partial charge in [0, 0.05) is 0 Å². The van der Waals surface area contributed by atoms with Gasteiger partial charge in [0.25, 0.3) is 0 Å². The quantitative estimate of drug-likeness (QED) is 0.588. The molecule has 0 rings (SSSR count). The number of carboxylic acid groups (broad SMARTS) is 2. The van der Waals surface area contributed by atoms with Crippen molar-refractivity contribution >= 4 is 20.3 Å². The summed E-state index contributed by atoms with van der Waals surface area (Å²) in [4.78, 5) is 21.2. The lowest BCUT2D eigenvalue weighted by Crippen LogP contribution is -2.63. The van der Waals surface area contributed by atoms with E-state index in [2.05, 4.69) is 4.43 Å². The Labute approximate surface area is 90.0 Å². The molecule has 0 amide bonds. The Balaban J connectivity index is 5.66. The highest BCUT2D eigenvalue weighted by atomic mass is 28.4. The SMILES string of the molecule is C[Si](C)(C)OC(C(=O)O)(C(=O)O)C(F)(F)F. The van der Waals surface area contributed by atoms with Crippen LogP contribution < -0.4 is 0 Å². The predicted molar refractivity (Wildman–Crippen MR) is 48.5 cm³/mol. The summed E-state index contributed by atoms with van der Waals surface area (Å²) in [7, 11) is -3.01. The van der Waals surface area contributed by atoms with Gasteiger partial charge in [-0.25, -0.2) is 9.59 Å². The average Bonchev–Trinajstić information content (AvgIpc) is 1.94. The third-order valence-electron chi connectivity index (χ3n) is 1.46. The first-order valence-electron chi connectivity index (χ1n) is 4.08. The van der Waals surface area contributed by atoms with E-state index in [-0.39, 0.29) is 0 Å². The smallest absolute Gasteiger partial charge is 0.438 e. The number of alkyl halides is 3. The largest absolute Gasteiger partial charge is 0.478 e. The lowest BCUT2D eigenvalue weighted by molar-refractivity contribution is -0.253. The number of halogens is 3. The molecule has 16 heavy (non-hydrogen) atoms. The van der Waals surface area contributed by atoms with Crippen LogP contribution in [0, 0.1) is 0 Å². The number of hydrogen-bond acceptors (Lipinski definition) is 3. The summed E-state index contributed by atoms with van der Waals surface area (Å²) in [6.07, 6.45) is -5.52. The fourth-order valence-electron chi connectivity index (χ4n) is 0.938. The summed E-state index contributed by atoms with van der Waals surface area (Å²) in [5, 5.41) is 17.0. The Kier molecular flexibility index (Phi) is 3.78. The monoisotopic (exact) mass is 260 g/mol. The summed E-state index contributed by atoms with van der Waals surface area (Å²) in [5.74, 6) is -5.15. The van der Waals surface area contributed by atoms with Crippen LogP contribution in [-0.2, 0) is 14.0 Å². The molecular weight excluding hydrogens is 249 g/mol. The minimum atomic E-state index is -5.52. The minimum absolute atomic E-state index is 1.26. The zero-order valence-corrected chi connectivity index (χ0v) is 9.75. The highest BCUT2D eigenvalue weighted by Crippen LogP contribution is 2.36. The van der Waals surface area contributed by atoms with Crippen LogP contribution in [0.25, 0.3) is 0 Å². The van der Waals surface area contributed by atoms with Gasteiger partial charge in [-0.2, -0.15) is 13.2 Å². The molecule has 0 aliphatic carbocycles. The molecule has 0 heterocycles. The van der Waals surface area contributed by atoms with Crippen molar-refractivity contribution in [2.75, 3.05) is 0 Å². The molecule has 0 fully saturated rings. The highest BCUT2D eigenvalue weighted by molar-refractivity contribution is 6.70. The third kappa shape index (κ3) is 2.73. The third-order valence-corrected chi connectivity index (χ3v) is 2.38. The van der Waals surface area contributed by atoms with Gasteiger partial charge in [-0.3, -0.25) is 0 Å². The van der Waals surface area contributed by atoms with E-state index in [9.17, 15) is 22.8 Å². The lowest BCUT2D eigenvalue weighted by Gasteiger charge is -2.33. The number of hydrogen-bond donors (Lipinski definition) is 2. The van der Waals surface area contributed by atoms with Crippen molar-refractivity contribution in [1.29, 1.82) is 0 Å². The van der Waals surface area contributed by atoms with E-state index in [1.807, 2.05) is 0 Å². The van der Waals surface area contributed by atoms with Crippen molar-refractivity contribution in [3.05, 3.63) is 0 Å². The molecule has 0 aromatic heterocycles. The number of rotatable bonds is 4. The summed E-state index contributed by atoms with van der Waals surface area (Å²) in [5.41, 5.74) is -4.18. The second-order valence-electron chi connectivity index (χ2n) is 4.00. The molecule has 9 heteroatoms. The first-order valence-corrected chi connectivity index (χ1v) is 7.49. The van der Waals surface area contributed by atoms with E-state index >= 15 is 0 Å². The zero-order chi connectivity index (χ0) is 13.4. The molecule has 0 saturated carbocycles. The van der Waals surface area contributed by atoms with Crippen molar-refractivity contribution in [2.45, 2.75) is 31.4 Å². The molecule has 0 saturated heterocycles. The van der Waals surface area contributed by atoms with Crippen LogP contribution in [0.15, 0.2) is 0 Å². The van der Waals surface area contributed by atoms with Crippen LogP contribution in [0.4, 0.5) is 13.2 Å². The molecule has 2 N–H and O–H groups in total. The van der Waals surface area contributed by atoms with E-state index in [0.717, 1.165) is 0 Å². The van der Waals surface area contributed by atoms with Gasteiger partial charge in [-0.1, -0.05) is 0 Å². The molecule has 0 spiro atoms. The van der Waals surface area contributed by atoms with Crippen LogP contribution in [0.2, 0.25) is 19.6 Å². The van der Waals surface area contributed by atoms with Crippen molar-refractivity contribution in [3.8, 4) is 0 Å². The Hall–Kier alpha value is -1.09. The van der Waals surface area contributed by atoms with Gasteiger partial charge >= 0.3 is 23.7 Å². The van der Waals surface area contributed by atoms with E-state index in [1.54, 1.807) is 0 Å². The van der Waals surface area contributed by atoms with Crippen molar-refractivity contribution in [2.24, 2.45) is 0 Å². The zero-order valence-electron chi connectivity index (χ0n) is 8.75. The predicted octanol–water partition coefficient (Wildman–Crippen LogP) is 1.31. The Bertz CT molecular complexity index is 292. The Morgan fingerprint density at radius 3 is 1.44 bits per heavy atom. The normalized spacial score (nSPS) is 13.6. The molecule has 5 nitrogen and oxygen atoms in total. The lowest BCUT2D eigenvalue weighted by atomic mass is 10.1. The average molecular weight is 260 g/mol. The second-order valence-corrected chi connectivity index (χ2v) is 8.43. The number of carboxylic acids is 2. The first kappa shape index (κ1) is 14.9. The maximum atomic E-state index is 12.5. The van der Waals surface area contributed by atoms with Crippen LogP contribution >= 0.6 is 0 Å². The van der Waals surface area contributed by atoms with Gasteiger partial charge < -0.3 is 14.6 Å². The van der Waals surface area contributed by atoms with Crippen molar-refractivity contribution in [3.63, 3.8) is 0 Å². The Morgan fingerprint density at radius 1 is 1.06 bits per heavy atom. The number of aliphatic carboxylic acids is 2. The molecule has 0 aromatic carbocycles. The standard InChI is InChI=1S/C7H11F3O5Si/c1-16(2,3)15-6(4(11)12,5(13)14)7(8,9)10/h1-3H3,(H,11,12)(H,13,14). The van der Waals surface area contributed by atoms with Gasteiger partial charge in [0.1, 0.15) is 0 Å². The Morgan fingerprint density at radius 2 is 1.38 bits per heavy atom. The maximum Gasteiger partial charge on any atom is 0.438 e. The van der Waals surface area contributed by atoms with E-state index in [4.69, 9.17) is 10.2 Å². The molecular formula is C7H11F3O5Si. The first-order chi connectivity index (χ1) is 6.84. The molecule has 94 valence electrons. The topological polar surface area (TPSA) is 83.8 Å². The van der Waals surface area contributed by atoms with E-state index in [0.29, 0.717) is 0 Å². The van der Waals surface area contributed by atoms with Crippen LogP contribution in [0.1, 0.15) is 0 Å². The molecule has 0 bridgehead atoms. The number of carbonyl (C=O) groups is 2. The molecule has 0 aromatic rings. The van der Waals surface area contributed by atoms with Gasteiger partial charge in [0.05, 0.1) is 0 Å².